The number of carbonyl (C=O) groups excluding carboxylic acids is 1. The van der Waals surface area contributed by atoms with Gasteiger partial charge < -0.3 is 15.4 Å². The number of rotatable bonds is 6. The van der Waals surface area contributed by atoms with E-state index in [1.165, 1.54) is 0 Å². The number of carbonyl (C=O) groups is 1. The average Bonchev–Trinajstić information content (AvgIpc) is 3.11. The quantitative estimate of drug-likeness (QED) is 0.726. The van der Waals surface area contributed by atoms with Gasteiger partial charge in [0.05, 0.1) is 19.0 Å². The van der Waals surface area contributed by atoms with Gasteiger partial charge in [0, 0.05) is 24.5 Å². The second kappa shape index (κ2) is 8.01. The van der Waals surface area contributed by atoms with E-state index in [9.17, 15) is 4.79 Å². The van der Waals surface area contributed by atoms with E-state index in [-0.39, 0.29) is 6.03 Å². The van der Waals surface area contributed by atoms with Crippen molar-refractivity contribution >= 4 is 11.7 Å². The molecule has 0 saturated heterocycles. The molecule has 0 spiro atoms. The first kappa shape index (κ1) is 16.6. The van der Waals surface area contributed by atoms with E-state index < -0.39 is 0 Å². The van der Waals surface area contributed by atoms with E-state index in [2.05, 4.69) is 15.7 Å². The Bertz CT molecular complexity index is 830. The Labute approximate surface area is 146 Å². The van der Waals surface area contributed by atoms with Crippen molar-refractivity contribution in [1.82, 2.24) is 15.1 Å². The summed E-state index contributed by atoms with van der Waals surface area (Å²) in [5, 5.41) is 9.97. The summed E-state index contributed by atoms with van der Waals surface area (Å²) >= 11 is 0. The number of para-hydroxylation sites is 1. The van der Waals surface area contributed by atoms with E-state index >= 15 is 0 Å². The molecule has 6 heteroatoms. The number of amides is 2. The third-order valence-corrected chi connectivity index (χ3v) is 3.68. The first-order chi connectivity index (χ1) is 12.2. The number of urea groups is 1. The third-order valence-electron chi connectivity index (χ3n) is 3.68. The van der Waals surface area contributed by atoms with Gasteiger partial charge in [-0.3, -0.25) is 0 Å². The van der Waals surface area contributed by atoms with Crippen LogP contribution in [0, 0.1) is 0 Å². The Kier molecular flexibility index (Phi) is 5.31. The molecule has 0 atom stereocenters. The van der Waals surface area contributed by atoms with Crippen LogP contribution >= 0.6 is 0 Å². The number of nitrogens with one attached hydrogen (secondary N) is 2. The van der Waals surface area contributed by atoms with E-state index in [1.54, 1.807) is 13.2 Å². The van der Waals surface area contributed by atoms with Crippen LogP contribution in [0.4, 0.5) is 10.5 Å². The Balaban J connectivity index is 1.48. The second-order valence-electron chi connectivity index (χ2n) is 5.49. The Hall–Kier alpha value is -3.28. The van der Waals surface area contributed by atoms with Crippen LogP contribution in [0.3, 0.4) is 0 Å². The van der Waals surface area contributed by atoms with Crippen molar-refractivity contribution in [3.63, 3.8) is 0 Å². The molecule has 0 fully saturated rings. The summed E-state index contributed by atoms with van der Waals surface area (Å²) in [5.41, 5.74) is 2.76. The van der Waals surface area contributed by atoms with Gasteiger partial charge in [-0.1, -0.05) is 24.3 Å². The van der Waals surface area contributed by atoms with Gasteiger partial charge >= 0.3 is 6.03 Å². The molecule has 0 radical (unpaired) electrons. The molecule has 3 rings (SSSR count). The summed E-state index contributed by atoms with van der Waals surface area (Å²) in [6.45, 7) is 0.524. The van der Waals surface area contributed by atoms with Crippen LogP contribution < -0.4 is 15.4 Å². The minimum atomic E-state index is -0.247. The SMILES string of the molecule is COc1cccc(NC(=O)NCCc2cnn(-c3ccccc3)c2)c1. The molecule has 2 aromatic carbocycles. The predicted octanol–water partition coefficient (Wildman–Crippen LogP) is 3.25. The fourth-order valence-corrected chi connectivity index (χ4v) is 2.41. The molecule has 0 aliphatic carbocycles. The molecule has 25 heavy (non-hydrogen) atoms. The van der Waals surface area contributed by atoms with E-state index in [4.69, 9.17) is 4.74 Å². The van der Waals surface area contributed by atoms with Crippen LogP contribution in [0.15, 0.2) is 67.0 Å². The number of aromatic nitrogens is 2. The van der Waals surface area contributed by atoms with Gasteiger partial charge in [0.2, 0.25) is 0 Å². The summed E-state index contributed by atoms with van der Waals surface area (Å²) in [6.07, 6.45) is 4.49. The lowest BCUT2D eigenvalue weighted by atomic mass is 10.2. The molecule has 6 nitrogen and oxygen atoms in total. The number of hydrogen-bond donors (Lipinski definition) is 2. The summed E-state index contributed by atoms with van der Waals surface area (Å²) in [6, 6.07) is 16.9. The maximum Gasteiger partial charge on any atom is 0.319 e. The summed E-state index contributed by atoms with van der Waals surface area (Å²) in [4.78, 5) is 11.9. The van der Waals surface area contributed by atoms with Crippen LogP contribution in [0.2, 0.25) is 0 Å². The summed E-state index contributed by atoms with van der Waals surface area (Å²) in [5.74, 6) is 0.700. The number of ether oxygens (including phenoxy) is 1. The Morgan fingerprint density at radius 2 is 2.00 bits per heavy atom. The van der Waals surface area contributed by atoms with Crippen LogP contribution in [0.1, 0.15) is 5.56 Å². The molecule has 3 aromatic rings. The molecule has 0 unspecified atom stereocenters. The predicted molar refractivity (Wildman–Crippen MR) is 97.3 cm³/mol. The van der Waals surface area contributed by atoms with Crippen LogP contribution in [0.5, 0.6) is 5.75 Å². The number of anilines is 1. The molecule has 2 amide bonds. The van der Waals surface area contributed by atoms with Gasteiger partial charge in [-0.2, -0.15) is 5.10 Å². The molecular weight excluding hydrogens is 316 g/mol. The van der Waals surface area contributed by atoms with E-state index in [0.29, 0.717) is 24.4 Å². The van der Waals surface area contributed by atoms with Crippen molar-refractivity contribution < 1.29 is 9.53 Å². The molecule has 0 saturated carbocycles. The highest BCUT2D eigenvalue weighted by atomic mass is 16.5. The van der Waals surface area contributed by atoms with Gasteiger partial charge in [-0.05, 0) is 36.2 Å². The lowest BCUT2D eigenvalue weighted by Crippen LogP contribution is -2.30. The van der Waals surface area contributed by atoms with Crippen molar-refractivity contribution in [3.8, 4) is 11.4 Å². The van der Waals surface area contributed by atoms with E-state index in [1.807, 2.05) is 65.6 Å². The van der Waals surface area contributed by atoms with Gasteiger partial charge in [-0.15, -0.1) is 0 Å². The van der Waals surface area contributed by atoms with Crippen LogP contribution in [-0.2, 0) is 6.42 Å². The minimum Gasteiger partial charge on any atom is -0.497 e. The standard InChI is InChI=1S/C19H20N4O2/c1-25-18-9-5-6-16(12-18)22-19(24)20-11-10-15-13-21-23(14-15)17-7-3-2-4-8-17/h2-9,12-14H,10-11H2,1H3,(H2,20,22,24). The van der Waals surface area contributed by atoms with Crippen molar-refractivity contribution in [2.24, 2.45) is 0 Å². The molecule has 0 bridgehead atoms. The highest BCUT2D eigenvalue weighted by Gasteiger charge is 2.04. The first-order valence-electron chi connectivity index (χ1n) is 8.02. The lowest BCUT2D eigenvalue weighted by molar-refractivity contribution is 0.252. The summed E-state index contributed by atoms with van der Waals surface area (Å²) < 4.78 is 6.96. The zero-order chi connectivity index (χ0) is 17.5. The summed E-state index contributed by atoms with van der Waals surface area (Å²) in [7, 11) is 1.59. The normalized spacial score (nSPS) is 10.3. The monoisotopic (exact) mass is 336 g/mol. The van der Waals surface area contributed by atoms with Gasteiger partial charge in [-0.25, -0.2) is 9.48 Å². The van der Waals surface area contributed by atoms with Crippen molar-refractivity contribution in [3.05, 3.63) is 72.6 Å². The lowest BCUT2D eigenvalue weighted by Gasteiger charge is -2.08. The van der Waals surface area contributed by atoms with Gasteiger partial charge in [0.1, 0.15) is 5.75 Å². The fourth-order valence-electron chi connectivity index (χ4n) is 2.41. The Morgan fingerprint density at radius 1 is 1.16 bits per heavy atom. The van der Waals surface area contributed by atoms with Gasteiger partial charge in [0.15, 0.2) is 0 Å². The highest BCUT2D eigenvalue weighted by molar-refractivity contribution is 5.89. The third kappa shape index (κ3) is 4.60. The maximum atomic E-state index is 11.9. The molecule has 0 aliphatic heterocycles. The smallest absolute Gasteiger partial charge is 0.319 e. The molecule has 1 heterocycles. The maximum absolute atomic E-state index is 11.9. The molecule has 2 N–H and O–H groups in total. The molecular formula is C19H20N4O2. The topological polar surface area (TPSA) is 68.2 Å². The molecule has 128 valence electrons. The van der Waals surface area contributed by atoms with Crippen molar-refractivity contribution in [2.45, 2.75) is 6.42 Å². The van der Waals surface area contributed by atoms with Crippen LogP contribution in [-0.4, -0.2) is 29.5 Å². The largest absolute Gasteiger partial charge is 0.497 e. The zero-order valence-corrected chi connectivity index (χ0v) is 14.0. The van der Waals surface area contributed by atoms with Gasteiger partial charge in [0.25, 0.3) is 0 Å². The van der Waals surface area contributed by atoms with Crippen molar-refractivity contribution in [1.29, 1.82) is 0 Å². The number of benzene rings is 2. The first-order valence-corrected chi connectivity index (χ1v) is 8.02. The highest BCUT2D eigenvalue weighted by Crippen LogP contribution is 2.16. The Morgan fingerprint density at radius 3 is 2.80 bits per heavy atom. The molecule has 1 aromatic heterocycles. The zero-order valence-electron chi connectivity index (χ0n) is 14.0. The molecule has 0 aliphatic rings. The fraction of sp³-hybridized carbons (Fsp3) is 0.158. The van der Waals surface area contributed by atoms with Crippen molar-refractivity contribution in [2.75, 3.05) is 19.0 Å². The number of nitrogens with zero attached hydrogens (tertiary/aromatic N) is 2. The van der Waals surface area contributed by atoms with E-state index in [0.717, 1.165) is 11.3 Å². The van der Waals surface area contributed by atoms with Crippen LogP contribution in [0.25, 0.3) is 5.69 Å². The number of methoxy groups -OCH3 is 1. The number of hydrogen-bond acceptors (Lipinski definition) is 3. The average molecular weight is 336 g/mol. The second-order valence-corrected chi connectivity index (χ2v) is 5.49. The minimum absolute atomic E-state index is 0.247.